The number of hydrogen-bond donors (Lipinski definition) is 1. The zero-order valence-corrected chi connectivity index (χ0v) is 16.0. The molecule has 2 heterocycles. The molecule has 27 heavy (non-hydrogen) atoms. The Morgan fingerprint density at radius 1 is 1.07 bits per heavy atom. The summed E-state index contributed by atoms with van der Waals surface area (Å²) in [6.07, 6.45) is 4.58. The molecule has 0 radical (unpaired) electrons. The van der Waals surface area contributed by atoms with E-state index in [2.05, 4.69) is 15.3 Å². The van der Waals surface area contributed by atoms with E-state index in [-0.39, 0.29) is 24.5 Å². The molecule has 0 atom stereocenters. The minimum atomic E-state index is -0.110. The first-order valence-electron chi connectivity index (χ1n) is 8.84. The monoisotopic (exact) mass is 379 g/mol. The second kappa shape index (κ2) is 9.19. The summed E-state index contributed by atoms with van der Waals surface area (Å²) in [6.45, 7) is 2.41. The van der Waals surface area contributed by atoms with Crippen LogP contribution in [0.5, 0.6) is 0 Å². The van der Waals surface area contributed by atoms with E-state index in [0.717, 1.165) is 21.8 Å². The molecule has 0 spiro atoms. The van der Waals surface area contributed by atoms with Crippen LogP contribution in [0.1, 0.15) is 34.5 Å². The zero-order valence-electron chi connectivity index (χ0n) is 15.1. The minimum Gasteiger partial charge on any atom is -0.356 e. The first-order valence-corrected chi connectivity index (χ1v) is 9.72. The summed E-state index contributed by atoms with van der Waals surface area (Å²) >= 11 is 1.58. The number of rotatable bonds is 8. The molecule has 138 valence electrons. The van der Waals surface area contributed by atoms with E-state index in [1.165, 1.54) is 0 Å². The number of amides is 1. The van der Waals surface area contributed by atoms with Crippen LogP contribution in [0.3, 0.4) is 0 Å². The van der Waals surface area contributed by atoms with Gasteiger partial charge in [0, 0.05) is 54.7 Å². The number of benzene rings is 1. The Kier molecular flexibility index (Phi) is 6.44. The van der Waals surface area contributed by atoms with Crippen molar-refractivity contribution in [3.63, 3.8) is 0 Å². The Bertz CT molecular complexity index is 922. The van der Waals surface area contributed by atoms with Crippen LogP contribution in [0.15, 0.2) is 54.2 Å². The molecule has 6 heteroatoms. The second-order valence-corrected chi connectivity index (χ2v) is 7.08. The standard InChI is InChI=1S/C21H21N3O2S/c1-15-4-2-3-5-18(15)19(25)6-7-20(26)23-13-10-17-14-27-21(24-17)16-8-11-22-12-9-16/h2-5,8-9,11-12,14H,6-7,10,13H2,1H3,(H,23,26). The summed E-state index contributed by atoms with van der Waals surface area (Å²) < 4.78 is 0. The third kappa shape index (κ3) is 5.31. The van der Waals surface area contributed by atoms with Gasteiger partial charge >= 0.3 is 0 Å². The topological polar surface area (TPSA) is 72.0 Å². The van der Waals surface area contributed by atoms with Gasteiger partial charge in [-0.05, 0) is 24.6 Å². The third-order valence-corrected chi connectivity index (χ3v) is 5.15. The van der Waals surface area contributed by atoms with Gasteiger partial charge in [-0.15, -0.1) is 11.3 Å². The molecule has 0 aliphatic rings. The maximum Gasteiger partial charge on any atom is 0.220 e. The highest BCUT2D eigenvalue weighted by Gasteiger charge is 2.11. The van der Waals surface area contributed by atoms with Gasteiger partial charge in [-0.2, -0.15) is 0 Å². The van der Waals surface area contributed by atoms with Gasteiger partial charge in [0.1, 0.15) is 5.01 Å². The molecule has 0 saturated carbocycles. The lowest BCUT2D eigenvalue weighted by molar-refractivity contribution is -0.121. The fourth-order valence-corrected chi connectivity index (χ4v) is 3.58. The van der Waals surface area contributed by atoms with Gasteiger partial charge in [-0.3, -0.25) is 14.6 Å². The van der Waals surface area contributed by atoms with Crippen molar-refractivity contribution < 1.29 is 9.59 Å². The largest absolute Gasteiger partial charge is 0.356 e. The van der Waals surface area contributed by atoms with Crippen LogP contribution in [0.4, 0.5) is 0 Å². The first-order chi connectivity index (χ1) is 13.1. The average Bonchev–Trinajstić information content (AvgIpc) is 3.16. The summed E-state index contributed by atoms with van der Waals surface area (Å²) in [6, 6.07) is 11.3. The van der Waals surface area contributed by atoms with Crippen LogP contribution in [0.2, 0.25) is 0 Å². The Labute approximate surface area is 162 Å². The lowest BCUT2D eigenvalue weighted by atomic mass is 10.0. The van der Waals surface area contributed by atoms with Crippen molar-refractivity contribution >= 4 is 23.0 Å². The summed E-state index contributed by atoms with van der Waals surface area (Å²) in [5, 5.41) is 5.82. The lowest BCUT2D eigenvalue weighted by Crippen LogP contribution is -2.26. The maximum atomic E-state index is 12.2. The summed E-state index contributed by atoms with van der Waals surface area (Å²) in [5.41, 5.74) is 3.62. The quantitative estimate of drug-likeness (QED) is 0.604. The highest BCUT2D eigenvalue weighted by Crippen LogP contribution is 2.22. The van der Waals surface area contributed by atoms with Crippen molar-refractivity contribution in [2.45, 2.75) is 26.2 Å². The van der Waals surface area contributed by atoms with E-state index in [9.17, 15) is 9.59 Å². The number of pyridine rings is 1. The summed E-state index contributed by atoms with van der Waals surface area (Å²) in [5.74, 6) is -0.105. The maximum absolute atomic E-state index is 12.2. The van der Waals surface area contributed by atoms with Gasteiger partial charge < -0.3 is 5.32 Å². The molecule has 3 rings (SSSR count). The van der Waals surface area contributed by atoms with E-state index in [1.54, 1.807) is 29.8 Å². The Morgan fingerprint density at radius 3 is 2.63 bits per heavy atom. The van der Waals surface area contributed by atoms with E-state index >= 15 is 0 Å². The number of nitrogens with one attached hydrogen (secondary N) is 1. The molecule has 1 aromatic carbocycles. The van der Waals surface area contributed by atoms with Crippen molar-refractivity contribution in [1.29, 1.82) is 0 Å². The average molecular weight is 379 g/mol. The molecule has 0 aliphatic heterocycles. The third-order valence-electron chi connectivity index (χ3n) is 4.21. The summed E-state index contributed by atoms with van der Waals surface area (Å²) in [7, 11) is 0. The van der Waals surface area contributed by atoms with Crippen LogP contribution in [0.25, 0.3) is 10.6 Å². The molecule has 1 amide bonds. The number of nitrogens with zero attached hydrogens (tertiary/aromatic N) is 2. The molecule has 5 nitrogen and oxygen atoms in total. The Hall–Kier alpha value is -2.86. The molecule has 1 N–H and O–H groups in total. The lowest BCUT2D eigenvalue weighted by Gasteiger charge is -2.06. The minimum absolute atomic E-state index is 0.00439. The van der Waals surface area contributed by atoms with E-state index in [1.807, 2.05) is 42.6 Å². The predicted molar refractivity (Wildman–Crippen MR) is 107 cm³/mol. The molecule has 0 unspecified atom stereocenters. The molecule has 2 aromatic heterocycles. The fourth-order valence-electron chi connectivity index (χ4n) is 2.71. The van der Waals surface area contributed by atoms with Crippen LogP contribution >= 0.6 is 11.3 Å². The van der Waals surface area contributed by atoms with E-state index < -0.39 is 0 Å². The second-order valence-electron chi connectivity index (χ2n) is 6.22. The number of thiazole rings is 1. The highest BCUT2D eigenvalue weighted by molar-refractivity contribution is 7.13. The first kappa shape index (κ1) is 18.9. The predicted octanol–water partition coefficient (Wildman–Crippen LogP) is 3.84. The van der Waals surface area contributed by atoms with Gasteiger partial charge in [0.2, 0.25) is 5.91 Å². The van der Waals surface area contributed by atoms with Gasteiger partial charge in [-0.1, -0.05) is 24.3 Å². The number of Topliss-reactive ketones (excluding diaryl/α,β-unsaturated/α-hetero) is 1. The molecule has 0 saturated heterocycles. The van der Waals surface area contributed by atoms with Crippen LogP contribution in [-0.2, 0) is 11.2 Å². The van der Waals surface area contributed by atoms with Gasteiger partial charge in [0.15, 0.2) is 5.78 Å². The molecular formula is C21H21N3O2S. The molecule has 0 bridgehead atoms. The van der Waals surface area contributed by atoms with E-state index in [4.69, 9.17) is 0 Å². The van der Waals surface area contributed by atoms with Crippen molar-refractivity contribution in [2.24, 2.45) is 0 Å². The van der Waals surface area contributed by atoms with E-state index in [0.29, 0.717) is 18.5 Å². The van der Waals surface area contributed by atoms with Gasteiger partial charge in [0.25, 0.3) is 0 Å². The van der Waals surface area contributed by atoms with Crippen molar-refractivity contribution in [2.75, 3.05) is 6.54 Å². The number of carbonyl (C=O) groups is 2. The van der Waals surface area contributed by atoms with Crippen LogP contribution in [-0.4, -0.2) is 28.2 Å². The number of aryl methyl sites for hydroxylation is 1. The number of hydrogen-bond acceptors (Lipinski definition) is 5. The van der Waals surface area contributed by atoms with Crippen molar-refractivity contribution in [1.82, 2.24) is 15.3 Å². The number of aromatic nitrogens is 2. The molecule has 0 aliphatic carbocycles. The molecule has 3 aromatic rings. The Morgan fingerprint density at radius 2 is 1.85 bits per heavy atom. The zero-order chi connectivity index (χ0) is 19.1. The Balaban J connectivity index is 1.42. The molecule has 0 fully saturated rings. The highest BCUT2D eigenvalue weighted by atomic mass is 32.1. The normalized spacial score (nSPS) is 10.6. The number of ketones is 1. The van der Waals surface area contributed by atoms with Gasteiger partial charge in [0.05, 0.1) is 5.69 Å². The number of carbonyl (C=O) groups excluding carboxylic acids is 2. The SMILES string of the molecule is Cc1ccccc1C(=O)CCC(=O)NCCc1csc(-c2ccncc2)n1. The van der Waals surface area contributed by atoms with Crippen LogP contribution in [0, 0.1) is 6.92 Å². The van der Waals surface area contributed by atoms with Crippen molar-refractivity contribution in [3.05, 3.63) is 71.0 Å². The van der Waals surface area contributed by atoms with Crippen molar-refractivity contribution in [3.8, 4) is 10.6 Å². The fraction of sp³-hybridized carbons (Fsp3) is 0.238. The van der Waals surface area contributed by atoms with Gasteiger partial charge in [-0.25, -0.2) is 4.98 Å². The van der Waals surface area contributed by atoms with Crippen LogP contribution < -0.4 is 5.32 Å². The molecular weight excluding hydrogens is 358 g/mol. The smallest absolute Gasteiger partial charge is 0.220 e. The summed E-state index contributed by atoms with van der Waals surface area (Å²) in [4.78, 5) is 32.8.